The summed E-state index contributed by atoms with van der Waals surface area (Å²) in [5.74, 6) is 0.121. The highest BCUT2D eigenvalue weighted by Gasteiger charge is 2.08. The Morgan fingerprint density at radius 2 is 2.00 bits per heavy atom. The first-order chi connectivity index (χ1) is 6.15. The maximum atomic E-state index is 11.0. The van der Waals surface area contributed by atoms with Crippen LogP contribution in [-0.2, 0) is 4.79 Å². The van der Waals surface area contributed by atoms with Crippen molar-refractivity contribution in [2.75, 3.05) is 13.1 Å². The summed E-state index contributed by atoms with van der Waals surface area (Å²) in [6, 6.07) is 0. The Labute approximate surface area is 79.8 Å². The largest absolute Gasteiger partial charge is 0.343 e. The molecule has 0 aliphatic carbocycles. The third-order valence-corrected chi connectivity index (χ3v) is 1.77. The molecule has 0 saturated heterocycles. The molecule has 76 valence electrons. The molecular formula is C9H19N3O. The van der Waals surface area contributed by atoms with Gasteiger partial charge in [-0.25, -0.2) is 0 Å². The van der Waals surface area contributed by atoms with Gasteiger partial charge >= 0.3 is 0 Å². The van der Waals surface area contributed by atoms with Crippen LogP contribution in [0.4, 0.5) is 0 Å². The highest BCUT2D eigenvalue weighted by Crippen LogP contribution is 1.90. The number of carbonyl (C=O) groups is 1. The summed E-state index contributed by atoms with van der Waals surface area (Å²) in [7, 11) is 0. The molecule has 0 saturated carbocycles. The van der Waals surface area contributed by atoms with E-state index in [9.17, 15) is 4.79 Å². The lowest BCUT2D eigenvalue weighted by Crippen LogP contribution is -2.43. The third kappa shape index (κ3) is 4.50. The molecule has 13 heavy (non-hydrogen) atoms. The molecule has 0 aromatic rings. The number of rotatable bonds is 4. The minimum atomic E-state index is -0.0976. The van der Waals surface area contributed by atoms with Gasteiger partial charge in [0.15, 0.2) is 5.96 Å². The van der Waals surface area contributed by atoms with Crippen LogP contribution in [0.15, 0.2) is 0 Å². The molecule has 0 fully saturated rings. The van der Waals surface area contributed by atoms with Crippen molar-refractivity contribution in [1.29, 1.82) is 5.41 Å². The van der Waals surface area contributed by atoms with Gasteiger partial charge in [0.1, 0.15) is 0 Å². The van der Waals surface area contributed by atoms with Gasteiger partial charge < -0.3 is 4.90 Å². The van der Waals surface area contributed by atoms with Gasteiger partial charge in [0.2, 0.25) is 5.91 Å². The fraction of sp³-hybridized carbons (Fsp3) is 0.778. The van der Waals surface area contributed by atoms with Crippen LogP contribution in [0.3, 0.4) is 0 Å². The van der Waals surface area contributed by atoms with Crippen molar-refractivity contribution in [2.24, 2.45) is 0 Å². The molecule has 0 aromatic heterocycles. The summed E-state index contributed by atoms with van der Waals surface area (Å²) in [6.07, 6.45) is 1.41. The number of amides is 1. The van der Waals surface area contributed by atoms with Crippen LogP contribution in [0.2, 0.25) is 0 Å². The molecule has 4 nitrogen and oxygen atoms in total. The van der Waals surface area contributed by atoms with Gasteiger partial charge in [-0.2, -0.15) is 0 Å². The first kappa shape index (κ1) is 11.9. The van der Waals surface area contributed by atoms with Crippen molar-refractivity contribution in [1.82, 2.24) is 10.2 Å². The second kappa shape index (κ2) is 6.46. The van der Waals surface area contributed by atoms with Gasteiger partial charge in [-0.15, -0.1) is 0 Å². The Kier molecular flexibility index (Phi) is 5.93. The molecule has 0 aliphatic rings. The van der Waals surface area contributed by atoms with E-state index in [1.165, 1.54) is 0 Å². The molecule has 0 unspecified atom stereocenters. The number of nitrogens with zero attached hydrogens (tertiary/aromatic N) is 1. The molecule has 0 spiro atoms. The van der Waals surface area contributed by atoms with E-state index in [1.54, 1.807) is 6.92 Å². The maximum absolute atomic E-state index is 11.0. The Morgan fingerprint density at radius 3 is 2.38 bits per heavy atom. The summed E-state index contributed by atoms with van der Waals surface area (Å²) < 4.78 is 0. The van der Waals surface area contributed by atoms with E-state index < -0.39 is 0 Å². The molecule has 0 radical (unpaired) electrons. The number of carbonyl (C=O) groups excluding carboxylic acids is 1. The number of guanidine groups is 1. The van der Waals surface area contributed by atoms with Gasteiger partial charge in [0.05, 0.1) is 0 Å². The molecule has 2 N–H and O–H groups in total. The number of hydrogen-bond acceptors (Lipinski definition) is 2. The average Bonchev–Trinajstić information content (AvgIpc) is 2.13. The Bertz CT molecular complexity index is 180. The minimum absolute atomic E-state index is 0.0976. The zero-order valence-corrected chi connectivity index (χ0v) is 8.68. The van der Waals surface area contributed by atoms with E-state index in [-0.39, 0.29) is 11.9 Å². The van der Waals surface area contributed by atoms with Crippen LogP contribution in [0.25, 0.3) is 0 Å². The minimum Gasteiger partial charge on any atom is -0.343 e. The van der Waals surface area contributed by atoms with E-state index in [4.69, 9.17) is 5.41 Å². The van der Waals surface area contributed by atoms with E-state index >= 15 is 0 Å². The summed E-state index contributed by atoms with van der Waals surface area (Å²) in [6.45, 7) is 7.38. The lowest BCUT2D eigenvalue weighted by atomic mass is 10.4. The third-order valence-electron chi connectivity index (χ3n) is 1.77. The van der Waals surface area contributed by atoms with Gasteiger partial charge in [-0.1, -0.05) is 13.8 Å². The van der Waals surface area contributed by atoms with Crippen LogP contribution >= 0.6 is 0 Å². The molecule has 1 amide bonds. The lowest BCUT2D eigenvalue weighted by molar-refractivity contribution is -0.119. The maximum Gasteiger partial charge on any atom is 0.226 e. The smallest absolute Gasteiger partial charge is 0.226 e. The van der Waals surface area contributed by atoms with Gasteiger partial charge in [0, 0.05) is 19.5 Å². The van der Waals surface area contributed by atoms with Crippen LogP contribution in [0, 0.1) is 5.41 Å². The quantitative estimate of drug-likeness (QED) is 0.510. The van der Waals surface area contributed by atoms with Crippen LogP contribution < -0.4 is 5.32 Å². The molecular weight excluding hydrogens is 166 g/mol. The number of hydrogen-bond donors (Lipinski definition) is 2. The fourth-order valence-corrected chi connectivity index (χ4v) is 0.997. The highest BCUT2D eigenvalue weighted by molar-refractivity contribution is 5.95. The van der Waals surface area contributed by atoms with E-state index in [1.807, 2.05) is 11.8 Å². The SMILES string of the molecule is CCCN(CC)C(=N)NC(=O)CC. The Hall–Kier alpha value is -1.06. The molecule has 0 bridgehead atoms. The molecule has 0 heterocycles. The van der Waals surface area contributed by atoms with Gasteiger partial charge in [-0.05, 0) is 13.3 Å². The summed E-state index contributed by atoms with van der Waals surface area (Å²) in [4.78, 5) is 12.8. The first-order valence-electron chi connectivity index (χ1n) is 4.79. The second-order valence-electron chi connectivity index (χ2n) is 2.83. The topological polar surface area (TPSA) is 56.2 Å². The summed E-state index contributed by atoms with van der Waals surface area (Å²) >= 11 is 0. The Morgan fingerprint density at radius 1 is 1.38 bits per heavy atom. The van der Waals surface area contributed by atoms with E-state index in [0.29, 0.717) is 6.42 Å². The summed E-state index contributed by atoms with van der Waals surface area (Å²) in [5.41, 5.74) is 0. The van der Waals surface area contributed by atoms with Crippen molar-refractivity contribution in [3.63, 3.8) is 0 Å². The fourth-order valence-electron chi connectivity index (χ4n) is 0.997. The van der Waals surface area contributed by atoms with E-state index in [0.717, 1.165) is 19.5 Å². The van der Waals surface area contributed by atoms with Crippen LogP contribution in [0.1, 0.15) is 33.6 Å². The molecule has 0 rings (SSSR count). The predicted octanol–water partition coefficient (Wildman–Crippen LogP) is 1.18. The molecule has 0 atom stereocenters. The molecule has 0 aromatic carbocycles. The van der Waals surface area contributed by atoms with Crippen LogP contribution in [-0.4, -0.2) is 29.9 Å². The normalized spacial score (nSPS) is 9.46. The van der Waals surface area contributed by atoms with Crippen molar-refractivity contribution in [2.45, 2.75) is 33.6 Å². The first-order valence-corrected chi connectivity index (χ1v) is 4.79. The standard InChI is InChI=1S/C9H19N3O/c1-4-7-12(6-3)9(10)11-8(13)5-2/h4-7H2,1-3H3,(H2,10,11,13). The zero-order chi connectivity index (χ0) is 10.3. The lowest BCUT2D eigenvalue weighted by Gasteiger charge is -2.22. The van der Waals surface area contributed by atoms with Crippen molar-refractivity contribution in [3.05, 3.63) is 0 Å². The van der Waals surface area contributed by atoms with Gasteiger partial charge in [-0.3, -0.25) is 15.5 Å². The van der Waals surface area contributed by atoms with Crippen molar-refractivity contribution in [3.8, 4) is 0 Å². The second-order valence-corrected chi connectivity index (χ2v) is 2.83. The Balaban J connectivity index is 3.98. The summed E-state index contributed by atoms with van der Waals surface area (Å²) in [5, 5.41) is 10.1. The monoisotopic (exact) mass is 185 g/mol. The predicted molar refractivity (Wildman–Crippen MR) is 53.7 cm³/mol. The van der Waals surface area contributed by atoms with E-state index in [2.05, 4.69) is 12.2 Å². The van der Waals surface area contributed by atoms with Crippen molar-refractivity contribution < 1.29 is 4.79 Å². The molecule has 4 heteroatoms. The zero-order valence-electron chi connectivity index (χ0n) is 8.68. The van der Waals surface area contributed by atoms with Gasteiger partial charge in [0.25, 0.3) is 0 Å². The van der Waals surface area contributed by atoms with Crippen LogP contribution in [0.5, 0.6) is 0 Å². The molecule has 0 aliphatic heterocycles. The highest BCUT2D eigenvalue weighted by atomic mass is 16.1. The average molecular weight is 185 g/mol. The number of nitrogens with one attached hydrogen (secondary N) is 2. The van der Waals surface area contributed by atoms with Crippen molar-refractivity contribution >= 4 is 11.9 Å².